The third kappa shape index (κ3) is 16.7. The molecule has 0 spiro atoms. The van der Waals surface area contributed by atoms with Gasteiger partial charge in [0.1, 0.15) is 36.0 Å². The zero-order chi connectivity index (χ0) is 39.4. The second-order valence-electron chi connectivity index (χ2n) is 11.5. The van der Waals surface area contributed by atoms with Crippen molar-refractivity contribution in [1.82, 2.24) is 37.2 Å². The standard InChI is InChI=1S/C31H47N9O12/c1-16(42)36-23(15-41)31(52)40-22(13-26(46)47)30(51)39-21(12-24(33)44)29(50)37-19(5-3-4-10-32)28(49)38-20(27(48)35-14-25(45)34-2)11-17-6-8-18(43)9-7-17/h6-9,19-23,41,43H,3-5,10-15,32H2,1-2H3,(H2,33,44)(H,34,45)(H,35,48)(H,36,42)(H,37,50)(H,38,49)(H,39,51)(H,40,52)(H,46,47)/t19-,20-,21-,22-,23-/m0/s1. The second kappa shape index (κ2) is 22.8. The minimum absolute atomic E-state index is 0.0405. The van der Waals surface area contributed by atoms with E-state index in [4.69, 9.17) is 11.5 Å². The first kappa shape index (κ1) is 44.2. The summed E-state index contributed by atoms with van der Waals surface area (Å²) in [7, 11) is 1.36. The number of aliphatic hydroxyl groups excluding tert-OH is 1. The van der Waals surface area contributed by atoms with E-state index in [1.54, 1.807) is 0 Å². The van der Waals surface area contributed by atoms with E-state index in [2.05, 4.69) is 37.2 Å². The fourth-order valence-electron chi connectivity index (χ4n) is 4.54. The first-order valence-electron chi connectivity index (χ1n) is 16.1. The Labute approximate surface area is 298 Å². The van der Waals surface area contributed by atoms with Crippen LogP contribution in [0.15, 0.2) is 24.3 Å². The smallest absolute Gasteiger partial charge is 0.305 e. The van der Waals surface area contributed by atoms with E-state index in [0.717, 1.165) is 6.92 Å². The molecule has 1 aromatic carbocycles. The van der Waals surface area contributed by atoms with Crippen molar-refractivity contribution >= 4 is 53.2 Å². The van der Waals surface area contributed by atoms with E-state index in [9.17, 15) is 58.5 Å². The van der Waals surface area contributed by atoms with Crippen LogP contribution in [0.25, 0.3) is 0 Å². The molecular formula is C31H47N9O12. The number of phenolic OH excluding ortho intramolecular Hbond substituents is 1. The van der Waals surface area contributed by atoms with Gasteiger partial charge in [-0.15, -0.1) is 0 Å². The molecule has 52 heavy (non-hydrogen) atoms. The van der Waals surface area contributed by atoms with Crippen LogP contribution in [0.4, 0.5) is 0 Å². The number of hydrogen-bond donors (Lipinski definition) is 12. The molecule has 0 aromatic heterocycles. The number of aromatic hydroxyl groups is 1. The normalized spacial score (nSPS) is 13.5. The summed E-state index contributed by atoms with van der Waals surface area (Å²) in [5.74, 6) is -9.09. The Hall–Kier alpha value is -5.83. The number of carbonyl (C=O) groups excluding carboxylic acids is 8. The summed E-state index contributed by atoms with van der Waals surface area (Å²) in [6, 6.07) is -2.17. The minimum atomic E-state index is -1.87. The fourth-order valence-corrected chi connectivity index (χ4v) is 4.54. The highest BCUT2D eigenvalue weighted by atomic mass is 16.4. The van der Waals surface area contributed by atoms with Crippen molar-refractivity contribution in [2.75, 3.05) is 26.7 Å². The third-order valence-electron chi connectivity index (χ3n) is 7.22. The van der Waals surface area contributed by atoms with E-state index in [-0.39, 0.29) is 25.1 Å². The van der Waals surface area contributed by atoms with Crippen molar-refractivity contribution in [2.24, 2.45) is 11.5 Å². The van der Waals surface area contributed by atoms with Gasteiger partial charge in [-0.25, -0.2) is 0 Å². The third-order valence-corrected chi connectivity index (χ3v) is 7.22. The highest BCUT2D eigenvalue weighted by molar-refractivity contribution is 5.99. The number of carbonyl (C=O) groups is 9. The van der Waals surface area contributed by atoms with E-state index >= 15 is 0 Å². The highest BCUT2D eigenvalue weighted by Crippen LogP contribution is 2.12. The Morgan fingerprint density at radius 3 is 1.73 bits per heavy atom. The molecule has 5 atom stereocenters. The molecule has 0 heterocycles. The van der Waals surface area contributed by atoms with Gasteiger partial charge in [0.25, 0.3) is 0 Å². The number of phenols is 1. The number of carboxylic acids is 1. The molecule has 0 fully saturated rings. The van der Waals surface area contributed by atoms with Gasteiger partial charge in [0.15, 0.2) is 0 Å². The number of aliphatic carboxylic acids is 1. The summed E-state index contributed by atoms with van der Waals surface area (Å²) in [4.78, 5) is 112. The fraction of sp³-hybridized carbons (Fsp3) is 0.516. The van der Waals surface area contributed by atoms with Gasteiger partial charge in [-0.2, -0.15) is 0 Å². The first-order valence-corrected chi connectivity index (χ1v) is 16.1. The van der Waals surface area contributed by atoms with Gasteiger partial charge in [0, 0.05) is 20.4 Å². The maximum absolute atomic E-state index is 13.6. The molecule has 21 heteroatoms. The Morgan fingerprint density at radius 2 is 1.23 bits per heavy atom. The quantitative estimate of drug-likeness (QED) is 0.0468. The predicted molar refractivity (Wildman–Crippen MR) is 180 cm³/mol. The minimum Gasteiger partial charge on any atom is -0.508 e. The van der Waals surface area contributed by atoms with Gasteiger partial charge in [-0.1, -0.05) is 12.1 Å². The number of unbranched alkanes of at least 4 members (excludes halogenated alkanes) is 1. The molecule has 1 rings (SSSR count). The summed E-state index contributed by atoms with van der Waals surface area (Å²) in [6.45, 7) is -0.0474. The van der Waals surface area contributed by atoms with Crippen LogP contribution in [0.5, 0.6) is 5.75 Å². The van der Waals surface area contributed by atoms with Gasteiger partial charge in [-0.05, 0) is 43.5 Å². The van der Waals surface area contributed by atoms with E-state index in [1.165, 1.54) is 31.3 Å². The molecule has 0 unspecified atom stereocenters. The second-order valence-corrected chi connectivity index (χ2v) is 11.5. The Morgan fingerprint density at radius 1 is 0.712 bits per heavy atom. The number of aliphatic hydroxyl groups is 1. The van der Waals surface area contributed by atoms with E-state index in [1.807, 2.05) is 0 Å². The lowest BCUT2D eigenvalue weighted by atomic mass is 10.0. The molecule has 1 aromatic rings. The molecule has 0 bridgehead atoms. The number of likely N-dealkylation sites (N-methyl/N-ethyl adjacent to an activating group) is 1. The van der Waals surface area contributed by atoms with Crippen molar-refractivity contribution in [1.29, 1.82) is 0 Å². The van der Waals surface area contributed by atoms with Crippen molar-refractivity contribution in [3.8, 4) is 5.75 Å². The lowest BCUT2D eigenvalue weighted by molar-refractivity contribution is -0.142. The SMILES string of the molecule is CNC(=O)CNC(=O)[C@H](Cc1ccc(O)cc1)NC(=O)[C@H](CCCCN)NC(=O)[C@H](CC(N)=O)NC(=O)[C@H](CC(=O)O)NC(=O)[C@H](CO)NC(C)=O. The van der Waals surface area contributed by atoms with Crippen LogP contribution in [0, 0.1) is 0 Å². The van der Waals surface area contributed by atoms with E-state index in [0.29, 0.717) is 18.4 Å². The topological polar surface area (TPSA) is 351 Å². The maximum atomic E-state index is 13.6. The average molecular weight is 738 g/mol. The molecule has 14 N–H and O–H groups in total. The zero-order valence-electron chi connectivity index (χ0n) is 28.7. The molecule has 8 amide bonds. The number of amides is 8. The van der Waals surface area contributed by atoms with Crippen LogP contribution in [-0.2, 0) is 49.6 Å². The van der Waals surface area contributed by atoms with Gasteiger partial charge in [0.05, 0.1) is 26.0 Å². The number of hydrogen-bond acceptors (Lipinski definition) is 12. The number of nitrogens with one attached hydrogen (secondary N) is 7. The average Bonchev–Trinajstić information content (AvgIpc) is 3.08. The van der Waals surface area contributed by atoms with Crippen LogP contribution in [0.1, 0.15) is 44.6 Å². The van der Waals surface area contributed by atoms with Gasteiger partial charge >= 0.3 is 5.97 Å². The molecule has 0 aliphatic heterocycles. The van der Waals surface area contributed by atoms with Crippen molar-refractivity contribution in [3.05, 3.63) is 29.8 Å². The summed E-state index contributed by atoms with van der Waals surface area (Å²) in [5, 5.41) is 44.4. The summed E-state index contributed by atoms with van der Waals surface area (Å²) < 4.78 is 0. The molecule has 0 saturated carbocycles. The van der Waals surface area contributed by atoms with Crippen molar-refractivity contribution in [2.45, 2.75) is 75.7 Å². The largest absolute Gasteiger partial charge is 0.508 e. The molecule has 0 aliphatic carbocycles. The monoisotopic (exact) mass is 737 g/mol. The van der Waals surface area contributed by atoms with Crippen LogP contribution in [0.2, 0.25) is 0 Å². The number of benzene rings is 1. The number of carboxylic acid groups (broad SMARTS) is 1. The van der Waals surface area contributed by atoms with E-state index < -0.39 is 109 Å². The van der Waals surface area contributed by atoms with Crippen LogP contribution >= 0.6 is 0 Å². The van der Waals surface area contributed by atoms with Crippen LogP contribution < -0.4 is 48.7 Å². The molecule has 0 radical (unpaired) electrons. The Kier molecular flexibility index (Phi) is 19.4. The number of nitrogens with two attached hydrogens (primary N) is 2. The van der Waals surface area contributed by atoms with Crippen molar-refractivity contribution in [3.63, 3.8) is 0 Å². The Balaban J connectivity index is 3.32. The maximum Gasteiger partial charge on any atom is 0.305 e. The predicted octanol–water partition coefficient (Wildman–Crippen LogP) is -5.29. The van der Waals surface area contributed by atoms with Gasteiger partial charge in [-0.3, -0.25) is 43.2 Å². The molecule has 0 saturated heterocycles. The molecular weight excluding hydrogens is 690 g/mol. The highest BCUT2D eigenvalue weighted by Gasteiger charge is 2.34. The zero-order valence-corrected chi connectivity index (χ0v) is 28.7. The number of primary amides is 1. The molecule has 21 nitrogen and oxygen atoms in total. The molecule has 288 valence electrons. The van der Waals surface area contributed by atoms with Crippen LogP contribution in [0.3, 0.4) is 0 Å². The molecule has 0 aliphatic rings. The van der Waals surface area contributed by atoms with Gasteiger partial charge < -0.3 is 64.0 Å². The summed E-state index contributed by atoms with van der Waals surface area (Å²) >= 11 is 0. The first-order chi connectivity index (χ1) is 24.5. The summed E-state index contributed by atoms with van der Waals surface area (Å²) in [6.07, 6.45) is -1.30. The Bertz CT molecular complexity index is 1440. The lowest BCUT2D eigenvalue weighted by Gasteiger charge is -2.26. The van der Waals surface area contributed by atoms with Crippen molar-refractivity contribution < 1.29 is 58.5 Å². The van der Waals surface area contributed by atoms with Crippen LogP contribution in [-0.4, -0.2) is 125 Å². The van der Waals surface area contributed by atoms with Gasteiger partial charge in [0.2, 0.25) is 47.3 Å². The number of rotatable bonds is 23. The summed E-state index contributed by atoms with van der Waals surface area (Å²) in [5.41, 5.74) is 11.4. The lowest BCUT2D eigenvalue weighted by Crippen LogP contribution is -2.60.